The van der Waals surface area contributed by atoms with Crippen LogP contribution < -0.4 is 4.74 Å². The summed E-state index contributed by atoms with van der Waals surface area (Å²) < 4.78 is 12.3. The van der Waals surface area contributed by atoms with Crippen LogP contribution in [0.1, 0.15) is 21.5 Å². The van der Waals surface area contributed by atoms with Crippen molar-refractivity contribution in [3.63, 3.8) is 0 Å². The van der Waals surface area contributed by atoms with Gasteiger partial charge in [0.05, 0.1) is 14.9 Å². The van der Waals surface area contributed by atoms with Crippen molar-refractivity contribution < 1.29 is 57.3 Å². The molecule has 5 rings (SSSR count). The van der Waals surface area contributed by atoms with Crippen molar-refractivity contribution in [2.75, 3.05) is 0 Å². The van der Waals surface area contributed by atoms with Crippen molar-refractivity contribution in [3.05, 3.63) is 81.0 Å². The molecule has 2 heterocycles. The van der Waals surface area contributed by atoms with E-state index in [-0.39, 0.29) is 44.7 Å². The average Bonchev–Trinajstić information content (AvgIpc) is 2.93. The fraction of sp³-hybridized carbons (Fsp3) is 0.100. The fourth-order valence-corrected chi connectivity index (χ4v) is 4.50. The van der Waals surface area contributed by atoms with E-state index in [1.54, 1.807) is 24.3 Å². The van der Waals surface area contributed by atoms with E-state index in [9.17, 15) is 14.7 Å². The first-order chi connectivity index (χ1) is 12.9. The number of allylic oxidation sites excluding steroid dienone is 2. The molecule has 9 heteroatoms. The van der Waals surface area contributed by atoms with Crippen LogP contribution in [0.2, 0.25) is 0 Å². The van der Waals surface area contributed by atoms with Gasteiger partial charge >= 0.3 is 5.97 Å². The third kappa shape index (κ3) is 3.03. The Morgan fingerprint density at radius 2 is 1.83 bits per heavy atom. The van der Waals surface area contributed by atoms with Crippen molar-refractivity contribution in [2.24, 2.45) is 0 Å². The molecule has 2 unspecified atom stereocenters. The summed E-state index contributed by atoms with van der Waals surface area (Å²) in [6.45, 7) is 0. The first kappa shape index (κ1) is 22.2. The van der Waals surface area contributed by atoms with Crippen LogP contribution in [0.5, 0.6) is 11.5 Å². The maximum Gasteiger partial charge on any atom is 0.340 e. The van der Waals surface area contributed by atoms with Gasteiger partial charge in [-0.05, 0) is 28.1 Å². The number of hydrogen-bond acceptors (Lipinski definition) is 5. The number of rotatable bonds is 0. The number of esters is 1. The minimum atomic E-state index is -1.25. The topological polar surface area (TPSA) is 104 Å². The van der Waals surface area contributed by atoms with Crippen LogP contribution >= 0.6 is 31.9 Å². The minimum absolute atomic E-state index is 0. The van der Waals surface area contributed by atoms with Crippen LogP contribution in [-0.4, -0.2) is 27.2 Å². The third-order valence-electron chi connectivity index (χ3n) is 4.92. The minimum Gasteiger partial charge on any atom is -0.507 e. The molecule has 3 aliphatic rings. The maximum atomic E-state index is 12.7. The standard InChI is InChI=1S/C20H10Br2O5.Hg.H2O/c21-13-5-11-17(7-15(13)23)26-18-8-16(24)14(22)6-12(18)20(11)10-4-2-1-3-9(10)19(25)27-20;;/h1-8,13,24H;;1H2. The normalized spacial score (nSPS) is 23.3. The summed E-state index contributed by atoms with van der Waals surface area (Å²) in [5.74, 6) is -0.0221. The molecule has 2 aliphatic heterocycles. The Bertz CT molecular complexity index is 1130. The van der Waals surface area contributed by atoms with Gasteiger partial charge < -0.3 is 20.1 Å². The number of fused-ring (bicyclic) bond motifs is 6. The van der Waals surface area contributed by atoms with Crippen molar-refractivity contribution in [1.29, 1.82) is 0 Å². The number of halogens is 2. The molecule has 6 nitrogen and oxygen atoms in total. The molecule has 2 aromatic carbocycles. The Morgan fingerprint density at radius 3 is 2.59 bits per heavy atom. The quantitative estimate of drug-likeness (QED) is 0.257. The first-order valence-electron chi connectivity index (χ1n) is 8.08. The zero-order valence-electron chi connectivity index (χ0n) is 14.7. The molecule has 0 saturated carbocycles. The largest absolute Gasteiger partial charge is 0.507 e. The van der Waals surface area contributed by atoms with Crippen LogP contribution in [0.3, 0.4) is 0 Å². The van der Waals surface area contributed by atoms with Gasteiger partial charge in [0.2, 0.25) is 0 Å². The SMILES string of the molecule is O.O=C1OC2(C3=CC(Br)C(=O)C=C3Oc3cc(O)c(Br)cc32)c2ccccc21.[Hg]. The second-order valence-corrected chi connectivity index (χ2v) is 8.25. The molecule has 3 N–H and O–H groups in total. The van der Waals surface area contributed by atoms with Gasteiger partial charge in [0.25, 0.3) is 0 Å². The monoisotopic (exact) mass is 708 g/mol. The van der Waals surface area contributed by atoms with Gasteiger partial charge in [-0.1, -0.05) is 40.2 Å². The molecule has 0 radical (unpaired) electrons. The van der Waals surface area contributed by atoms with E-state index in [0.29, 0.717) is 38.2 Å². The zero-order chi connectivity index (χ0) is 18.9. The van der Waals surface area contributed by atoms with Crippen molar-refractivity contribution >= 4 is 43.6 Å². The summed E-state index contributed by atoms with van der Waals surface area (Å²) in [7, 11) is 0. The molecule has 0 saturated heterocycles. The number of phenols is 1. The molecule has 0 aromatic heterocycles. The number of alkyl halides is 1. The molecule has 2 aromatic rings. The number of carbonyl (C=O) groups is 2. The predicted molar refractivity (Wildman–Crippen MR) is 107 cm³/mol. The Hall–Kier alpha value is -1.48. The molecule has 2 atom stereocenters. The van der Waals surface area contributed by atoms with Gasteiger partial charge in [-0.2, -0.15) is 0 Å². The summed E-state index contributed by atoms with van der Waals surface area (Å²) in [6, 6.07) is 10.3. The van der Waals surface area contributed by atoms with Crippen LogP contribution in [0, 0.1) is 0 Å². The van der Waals surface area contributed by atoms with E-state index < -0.39 is 16.4 Å². The van der Waals surface area contributed by atoms with Gasteiger partial charge in [0.15, 0.2) is 11.4 Å². The Morgan fingerprint density at radius 1 is 1.10 bits per heavy atom. The Kier molecular flexibility index (Phi) is 5.85. The summed E-state index contributed by atoms with van der Waals surface area (Å²) in [5, 5.41) is 10.1. The predicted octanol–water partition coefficient (Wildman–Crippen LogP) is 3.29. The number of hydrogen-bond donors (Lipinski definition) is 1. The van der Waals surface area contributed by atoms with Crippen LogP contribution in [-0.2, 0) is 42.8 Å². The number of phenolic OH excluding ortho intramolecular Hbond substituents is 1. The van der Waals surface area contributed by atoms with Crippen LogP contribution in [0.15, 0.2) is 64.4 Å². The van der Waals surface area contributed by atoms with Crippen molar-refractivity contribution in [2.45, 2.75) is 10.4 Å². The maximum absolute atomic E-state index is 12.7. The molecule has 29 heavy (non-hydrogen) atoms. The average molecular weight is 709 g/mol. The molecular formula is C20H12Br2HgO6. The number of aromatic hydroxyl groups is 1. The van der Waals surface area contributed by atoms with Crippen LogP contribution in [0.25, 0.3) is 0 Å². The fourth-order valence-electron chi connectivity index (χ4n) is 3.76. The summed E-state index contributed by atoms with van der Waals surface area (Å²) in [6.07, 6.45) is 3.09. The smallest absolute Gasteiger partial charge is 0.340 e. The Labute approximate surface area is 202 Å². The van der Waals surface area contributed by atoms with E-state index >= 15 is 0 Å². The molecular weight excluding hydrogens is 697 g/mol. The van der Waals surface area contributed by atoms with Gasteiger partial charge in [0, 0.05) is 56.5 Å². The van der Waals surface area contributed by atoms with E-state index in [4.69, 9.17) is 9.47 Å². The second-order valence-electron chi connectivity index (χ2n) is 6.41. The first-order valence-corrected chi connectivity index (χ1v) is 9.78. The summed E-state index contributed by atoms with van der Waals surface area (Å²) in [5.41, 5.74) is 1.02. The molecule has 1 aliphatic carbocycles. The number of carbonyl (C=O) groups excluding carboxylic acids is 2. The van der Waals surface area contributed by atoms with E-state index in [1.165, 1.54) is 12.1 Å². The van der Waals surface area contributed by atoms with Gasteiger partial charge in [-0.25, -0.2) is 4.79 Å². The third-order valence-corrected chi connectivity index (χ3v) is 6.27. The zero-order valence-corrected chi connectivity index (χ0v) is 23.4. The Balaban J connectivity index is 0.00000120. The number of benzene rings is 2. The van der Waals surface area contributed by atoms with Gasteiger partial charge in [-0.3, -0.25) is 4.79 Å². The molecule has 0 bridgehead atoms. The van der Waals surface area contributed by atoms with Gasteiger partial charge in [0.1, 0.15) is 17.3 Å². The second kappa shape index (κ2) is 7.65. The molecule has 1 spiro atoms. The molecule has 0 amide bonds. The van der Waals surface area contributed by atoms with E-state index in [2.05, 4.69) is 31.9 Å². The van der Waals surface area contributed by atoms with Crippen molar-refractivity contribution in [1.82, 2.24) is 0 Å². The van der Waals surface area contributed by atoms with Crippen LogP contribution in [0.4, 0.5) is 0 Å². The van der Waals surface area contributed by atoms with Gasteiger partial charge in [-0.15, -0.1) is 0 Å². The van der Waals surface area contributed by atoms with Crippen molar-refractivity contribution in [3.8, 4) is 11.5 Å². The molecule has 144 valence electrons. The van der Waals surface area contributed by atoms with E-state index in [0.717, 1.165) is 0 Å². The molecule has 0 fully saturated rings. The number of ether oxygens (including phenoxy) is 2. The summed E-state index contributed by atoms with van der Waals surface area (Å²) >= 11 is 6.68. The van der Waals surface area contributed by atoms with E-state index in [1.807, 2.05) is 12.1 Å². The summed E-state index contributed by atoms with van der Waals surface area (Å²) in [4.78, 5) is 24.3. The number of ketones is 1.